The Morgan fingerprint density at radius 3 is 2.82 bits per heavy atom. The second kappa shape index (κ2) is 7.08. The van der Waals surface area contributed by atoms with E-state index in [0.717, 1.165) is 38.9 Å². The molecule has 4 nitrogen and oxygen atoms in total. The van der Waals surface area contributed by atoms with Crippen LogP contribution in [0.3, 0.4) is 0 Å². The predicted octanol–water partition coefficient (Wildman–Crippen LogP) is 2.19. The first-order valence-electron chi connectivity index (χ1n) is 6.22. The van der Waals surface area contributed by atoms with Crippen LogP contribution in [0.4, 0.5) is 0 Å². The second-order valence-electron chi connectivity index (χ2n) is 5.00. The van der Waals surface area contributed by atoms with Gasteiger partial charge in [-0.1, -0.05) is 6.42 Å². The summed E-state index contributed by atoms with van der Waals surface area (Å²) in [6.07, 6.45) is 8.82. The third-order valence-electron chi connectivity index (χ3n) is 2.81. The Kier molecular flexibility index (Phi) is 5.71. The normalized spacial score (nSPS) is 11.4. The lowest BCUT2D eigenvalue weighted by Gasteiger charge is -2.14. The molecule has 0 saturated carbocycles. The molecule has 94 valence electrons. The minimum atomic E-state index is -0.170. The molecule has 0 aromatic carbocycles. The van der Waals surface area contributed by atoms with Gasteiger partial charge in [0.1, 0.15) is 0 Å². The van der Waals surface area contributed by atoms with Crippen molar-refractivity contribution in [3.8, 4) is 6.07 Å². The summed E-state index contributed by atoms with van der Waals surface area (Å²) in [6, 6.07) is 2.33. The number of nitrogens with one attached hydrogen (secondary N) is 1. The number of rotatable bonds is 8. The van der Waals surface area contributed by atoms with Crippen molar-refractivity contribution < 1.29 is 0 Å². The molecule has 0 atom stereocenters. The van der Waals surface area contributed by atoms with Crippen LogP contribution in [0.5, 0.6) is 0 Å². The van der Waals surface area contributed by atoms with Gasteiger partial charge < -0.3 is 9.88 Å². The largest absolute Gasteiger partial charge is 0.336 e. The summed E-state index contributed by atoms with van der Waals surface area (Å²) in [5, 5.41) is 12.3. The summed E-state index contributed by atoms with van der Waals surface area (Å²) in [6.45, 7) is 6.96. The topological polar surface area (TPSA) is 53.6 Å². The monoisotopic (exact) mass is 234 g/mol. The molecule has 0 bridgehead atoms. The number of unbranched alkanes of at least 4 members (excludes halogenated alkanes) is 1. The van der Waals surface area contributed by atoms with Gasteiger partial charge in [-0.2, -0.15) is 5.26 Å². The molecule has 0 aliphatic carbocycles. The van der Waals surface area contributed by atoms with Crippen molar-refractivity contribution in [2.45, 2.75) is 39.7 Å². The lowest BCUT2D eigenvalue weighted by molar-refractivity contribution is 0.421. The summed E-state index contributed by atoms with van der Waals surface area (Å²) >= 11 is 0. The molecular formula is C13H22N4. The minimum Gasteiger partial charge on any atom is -0.336 e. The first kappa shape index (κ1) is 13.7. The molecule has 4 heteroatoms. The van der Waals surface area contributed by atoms with E-state index < -0.39 is 0 Å². The lowest BCUT2D eigenvalue weighted by atomic mass is 9.89. The highest BCUT2D eigenvalue weighted by molar-refractivity contribution is 4.91. The second-order valence-corrected chi connectivity index (χ2v) is 5.00. The molecule has 1 aromatic heterocycles. The van der Waals surface area contributed by atoms with Gasteiger partial charge in [-0.3, -0.25) is 0 Å². The van der Waals surface area contributed by atoms with Gasteiger partial charge in [0, 0.05) is 25.5 Å². The van der Waals surface area contributed by atoms with Gasteiger partial charge >= 0.3 is 0 Å². The first-order valence-corrected chi connectivity index (χ1v) is 6.22. The first-order chi connectivity index (χ1) is 8.14. The zero-order valence-electron chi connectivity index (χ0n) is 10.8. The summed E-state index contributed by atoms with van der Waals surface area (Å²) in [7, 11) is 0. The van der Waals surface area contributed by atoms with E-state index >= 15 is 0 Å². The molecule has 0 unspecified atom stereocenters. The number of nitriles is 1. The summed E-state index contributed by atoms with van der Waals surface area (Å²) in [5.74, 6) is 0. The van der Waals surface area contributed by atoms with Crippen molar-refractivity contribution in [1.82, 2.24) is 14.9 Å². The van der Waals surface area contributed by atoms with Crippen molar-refractivity contribution in [2.75, 3.05) is 13.1 Å². The van der Waals surface area contributed by atoms with Gasteiger partial charge in [0.05, 0.1) is 17.8 Å². The fourth-order valence-electron chi connectivity index (χ4n) is 1.63. The molecule has 17 heavy (non-hydrogen) atoms. The van der Waals surface area contributed by atoms with E-state index in [1.165, 1.54) is 0 Å². The van der Waals surface area contributed by atoms with Gasteiger partial charge in [0.25, 0.3) is 0 Å². The van der Waals surface area contributed by atoms with Gasteiger partial charge in [0.15, 0.2) is 0 Å². The molecule has 0 aliphatic rings. The summed E-state index contributed by atoms with van der Waals surface area (Å²) in [4.78, 5) is 3.99. The Hall–Kier alpha value is -1.34. The van der Waals surface area contributed by atoms with Crippen LogP contribution < -0.4 is 5.32 Å². The third kappa shape index (κ3) is 6.08. The van der Waals surface area contributed by atoms with Crippen LogP contribution in [-0.4, -0.2) is 22.6 Å². The van der Waals surface area contributed by atoms with Crippen LogP contribution in [-0.2, 0) is 6.54 Å². The maximum absolute atomic E-state index is 8.87. The number of aromatic nitrogens is 2. The van der Waals surface area contributed by atoms with Gasteiger partial charge in [-0.15, -0.1) is 0 Å². The molecule has 0 aliphatic heterocycles. The molecule has 1 N–H and O–H groups in total. The maximum Gasteiger partial charge on any atom is 0.0946 e. The van der Waals surface area contributed by atoms with E-state index in [9.17, 15) is 0 Å². The lowest BCUT2D eigenvalue weighted by Crippen LogP contribution is -2.21. The Labute approximate surface area is 104 Å². The maximum atomic E-state index is 8.87. The van der Waals surface area contributed by atoms with Crippen LogP contribution in [0.2, 0.25) is 0 Å². The van der Waals surface area contributed by atoms with Crippen LogP contribution >= 0.6 is 0 Å². The smallest absolute Gasteiger partial charge is 0.0946 e. The number of hydrogen-bond donors (Lipinski definition) is 1. The van der Waals surface area contributed by atoms with Crippen LogP contribution in [0.1, 0.15) is 33.1 Å². The van der Waals surface area contributed by atoms with Crippen molar-refractivity contribution in [3.05, 3.63) is 18.7 Å². The van der Waals surface area contributed by atoms with E-state index in [1.54, 1.807) is 6.20 Å². The zero-order chi connectivity index (χ0) is 12.6. The number of imidazole rings is 1. The zero-order valence-corrected chi connectivity index (χ0v) is 10.8. The van der Waals surface area contributed by atoms with Crippen molar-refractivity contribution in [1.29, 1.82) is 5.26 Å². The number of hydrogen-bond acceptors (Lipinski definition) is 3. The SMILES string of the molecule is CC(C)(C#N)CCCCNCCn1ccnc1. The molecule has 0 saturated heterocycles. The van der Waals surface area contributed by atoms with E-state index in [1.807, 2.05) is 26.4 Å². The Morgan fingerprint density at radius 2 is 2.18 bits per heavy atom. The van der Waals surface area contributed by atoms with Crippen LogP contribution in [0, 0.1) is 16.7 Å². The molecule has 1 aromatic rings. The molecule has 0 spiro atoms. The highest BCUT2D eigenvalue weighted by Gasteiger charge is 2.14. The van der Waals surface area contributed by atoms with Crippen molar-refractivity contribution >= 4 is 0 Å². The molecular weight excluding hydrogens is 212 g/mol. The van der Waals surface area contributed by atoms with Crippen molar-refractivity contribution in [2.24, 2.45) is 5.41 Å². The van der Waals surface area contributed by atoms with Crippen LogP contribution in [0.15, 0.2) is 18.7 Å². The summed E-state index contributed by atoms with van der Waals surface area (Å²) < 4.78 is 2.06. The molecule has 0 radical (unpaired) electrons. The average molecular weight is 234 g/mol. The average Bonchev–Trinajstić information content (AvgIpc) is 2.81. The minimum absolute atomic E-state index is 0.170. The quantitative estimate of drug-likeness (QED) is 0.701. The van der Waals surface area contributed by atoms with Crippen LogP contribution in [0.25, 0.3) is 0 Å². The third-order valence-corrected chi connectivity index (χ3v) is 2.81. The fraction of sp³-hybridized carbons (Fsp3) is 0.692. The number of nitrogens with zero attached hydrogens (tertiary/aromatic N) is 3. The Morgan fingerprint density at radius 1 is 1.35 bits per heavy atom. The molecule has 0 amide bonds. The standard InChI is InChI=1S/C13H22N4/c1-13(2,11-14)5-3-4-6-15-7-9-17-10-8-16-12-17/h8,10,12,15H,3-7,9H2,1-2H3. The highest BCUT2D eigenvalue weighted by Crippen LogP contribution is 2.21. The van der Waals surface area contributed by atoms with E-state index in [4.69, 9.17) is 5.26 Å². The molecule has 1 rings (SSSR count). The van der Waals surface area contributed by atoms with Crippen molar-refractivity contribution in [3.63, 3.8) is 0 Å². The predicted molar refractivity (Wildman–Crippen MR) is 68.3 cm³/mol. The Balaban J connectivity index is 1.93. The van der Waals surface area contributed by atoms with E-state index in [0.29, 0.717) is 0 Å². The Bertz CT molecular complexity index is 335. The molecule has 1 heterocycles. The van der Waals surface area contributed by atoms with Gasteiger partial charge in [-0.25, -0.2) is 4.98 Å². The molecule has 0 fully saturated rings. The van der Waals surface area contributed by atoms with Gasteiger partial charge in [0.2, 0.25) is 0 Å². The van der Waals surface area contributed by atoms with Gasteiger partial charge in [-0.05, 0) is 33.2 Å². The summed E-state index contributed by atoms with van der Waals surface area (Å²) in [5.41, 5.74) is -0.170. The highest BCUT2D eigenvalue weighted by atomic mass is 15.0. The van der Waals surface area contributed by atoms with E-state index in [-0.39, 0.29) is 5.41 Å². The fourth-order valence-corrected chi connectivity index (χ4v) is 1.63. The van der Waals surface area contributed by atoms with E-state index in [2.05, 4.69) is 20.9 Å².